The summed E-state index contributed by atoms with van der Waals surface area (Å²) in [5.74, 6) is 0.762. The first-order chi connectivity index (χ1) is 9.12. The van der Waals surface area contributed by atoms with Gasteiger partial charge in [-0.15, -0.1) is 0 Å². The van der Waals surface area contributed by atoms with Crippen LogP contribution in [0, 0.1) is 5.92 Å². The predicted molar refractivity (Wildman–Crippen MR) is 80.4 cm³/mol. The third-order valence-electron chi connectivity index (χ3n) is 4.13. The minimum atomic E-state index is -0.0863. The molecule has 3 heteroatoms. The highest BCUT2D eigenvalue weighted by Gasteiger charge is 2.35. The minimum absolute atomic E-state index is 0.0863. The molecule has 0 radical (unpaired) electrons. The molecule has 2 unspecified atom stereocenters. The molecule has 1 saturated carbocycles. The van der Waals surface area contributed by atoms with Crippen molar-refractivity contribution in [2.24, 2.45) is 5.92 Å². The first kappa shape index (κ1) is 16.9. The Kier molecular flexibility index (Phi) is 7.96. The van der Waals surface area contributed by atoms with Gasteiger partial charge in [-0.1, -0.05) is 20.8 Å². The van der Waals surface area contributed by atoms with E-state index in [-0.39, 0.29) is 12.1 Å². The summed E-state index contributed by atoms with van der Waals surface area (Å²) in [6.07, 6.45) is 8.19. The average Bonchev–Trinajstić information content (AvgIpc) is 2.41. The lowest BCUT2D eigenvalue weighted by Crippen LogP contribution is -2.53. The van der Waals surface area contributed by atoms with E-state index in [9.17, 15) is 5.11 Å². The first-order valence-corrected chi connectivity index (χ1v) is 8.09. The van der Waals surface area contributed by atoms with Crippen LogP contribution < -0.4 is 5.32 Å². The van der Waals surface area contributed by atoms with Crippen molar-refractivity contribution in [1.29, 1.82) is 0 Å². The summed E-state index contributed by atoms with van der Waals surface area (Å²) < 4.78 is 6.02. The minimum Gasteiger partial charge on any atom is -0.394 e. The Morgan fingerprint density at radius 2 is 2.21 bits per heavy atom. The van der Waals surface area contributed by atoms with Crippen LogP contribution in [0.5, 0.6) is 0 Å². The second-order valence-electron chi connectivity index (χ2n) is 6.49. The Bertz CT molecular complexity index is 233. The third-order valence-corrected chi connectivity index (χ3v) is 4.13. The molecular weight excluding hydrogens is 238 g/mol. The van der Waals surface area contributed by atoms with E-state index in [1.54, 1.807) is 0 Å². The lowest BCUT2D eigenvalue weighted by Gasteiger charge is -2.40. The van der Waals surface area contributed by atoms with Crippen molar-refractivity contribution in [3.63, 3.8) is 0 Å². The molecule has 0 amide bonds. The van der Waals surface area contributed by atoms with Crippen LogP contribution in [-0.2, 0) is 4.74 Å². The van der Waals surface area contributed by atoms with E-state index < -0.39 is 0 Å². The number of nitrogens with one attached hydrogen (secondary N) is 1. The monoisotopic (exact) mass is 271 g/mol. The largest absolute Gasteiger partial charge is 0.394 e. The Morgan fingerprint density at radius 3 is 2.84 bits per heavy atom. The maximum absolute atomic E-state index is 9.71. The summed E-state index contributed by atoms with van der Waals surface area (Å²) in [5, 5.41) is 13.3. The third kappa shape index (κ3) is 6.24. The molecule has 0 aliphatic heterocycles. The lowest BCUT2D eigenvalue weighted by molar-refractivity contribution is -0.0174. The van der Waals surface area contributed by atoms with Crippen molar-refractivity contribution in [2.75, 3.05) is 19.8 Å². The van der Waals surface area contributed by atoms with Crippen LogP contribution in [0.1, 0.15) is 65.7 Å². The highest BCUT2D eigenvalue weighted by Crippen LogP contribution is 2.30. The zero-order chi connectivity index (χ0) is 14.1. The summed E-state index contributed by atoms with van der Waals surface area (Å²) in [6.45, 7) is 8.77. The molecule has 0 aromatic heterocycles. The molecule has 0 aromatic carbocycles. The van der Waals surface area contributed by atoms with Gasteiger partial charge in [-0.05, 0) is 57.4 Å². The van der Waals surface area contributed by atoms with Crippen molar-refractivity contribution in [3.05, 3.63) is 0 Å². The van der Waals surface area contributed by atoms with E-state index in [2.05, 4.69) is 26.1 Å². The van der Waals surface area contributed by atoms with Gasteiger partial charge in [-0.3, -0.25) is 0 Å². The first-order valence-electron chi connectivity index (χ1n) is 8.09. The van der Waals surface area contributed by atoms with E-state index in [0.29, 0.717) is 6.10 Å². The summed E-state index contributed by atoms with van der Waals surface area (Å²) in [6, 6.07) is 0. The molecule has 0 saturated heterocycles. The van der Waals surface area contributed by atoms with Crippen molar-refractivity contribution < 1.29 is 9.84 Å². The molecule has 1 aliphatic rings. The second-order valence-corrected chi connectivity index (χ2v) is 6.49. The van der Waals surface area contributed by atoms with Gasteiger partial charge in [-0.25, -0.2) is 0 Å². The topological polar surface area (TPSA) is 41.5 Å². The Morgan fingerprint density at radius 1 is 1.42 bits per heavy atom. The van der Waals surface area contributed by atoms with Crippen LogP contribution in [0.2, 0.25) is 0 Å². The van der Waals surface area contributed by atoms with Crippen molar-refractivity contribution >= 4 is 0 Å². The van der Waals surface area contributed by atoms with Crippen LogP contribution in [0.25, 0.3) is 0 Å². The highest BCUT2D eigenvalue weighted by molar-refractivity contribution is 4.93. The molecule has 1 fully saturated rings. The molecule has 0 bridgehead atoms. The summed E-state index contributed by atoms with van der Waals surface area (Å²) >= 11 is 0. The quantitative estimate of drug-likeness (QED) is 0.633. The molecule has 0 aromatic rings. The normalized spacial score (nSPS) is 27.9. The van der Waals surface area contributed by atoms with Crippen molar-refractivity contribution in [1.82, 2.24) is 5.32 Å². The number of ether oxygens (including phenoxy) is 1. The van der Waals surface area contributed by atoms with Gasteiger partial charge in [0.25, 0.3) is 0 Å². The molecule has 2 N–H and O–H groups in total. The Balaban J connectivity index is 2.31. The second kappa shape index (κ2) is 8.93. The summed E-state index contributed by atoms with van der Waals surface area (Å²) in [5.41, 5.74) is -0.0863. The van der Waals surface area contributed by atoms with E-state index in [0.717, 1.165) is 57.6 Å². The molecule has 2 atom stereocenters. The standard InChI is InChI=1S/C16H33NO2/c1-4-10-17-16(13-18)9-5-8-15(12-16)19-11-6-7-14(2)3/h14-15,17-18H,4-13H2,1-3H3. The fourth-order valence-corrected chi connectivity index (χ4v) is 2.94. The van der Waals surface area contributed by atoms with E-state index in [1.165, 1.54) is 6.42 Å². The van der Waals surface area contributed by atoms with Crippen molar-refractivity contribution in [2.45, 2.75) is 77.4 Å². The zero-order valence-electron chi connectivity index (χ0n) is 13.1. The molecular formula is C16H33NO2. The SMILES string of the molecule is CCCNC1(CO)CCCC(OCCCC(C)C)C1. The van der Waals surface area contributed by atoms with Gasteiger partial charge in [0.05, 0.1) is 12.7 Å². The van der Waals surface area contributed by atoms with E-state index in [4.69, 9.17) is 4.74 Å². The number of hydrogen-bond acceptors (Lipinski definition) is 3. The number of rotatable bonds is 9. The van der Waals surface area contributed by atoms with E-state index in [1.807, 2.05) is 0 Å². The van der Waals surface area contributed by atoms with Gasteiger partial charge in [-0.2, -0.15) is 0 Å². The molecule has 1 rings (SSSR count). The van der Waals surface area contributed by atoms with Gasteiger partial charge < -0.3 is 15.2 Å². The fraction of sp³-hybridized carbons (Fsp3) is 1.00. The van der Waals surface area contributed by atoms with Crippen molar-refractivity contribution in [3.8, 4) is 0 Å². The van der Waals surface area contributed by atoms with Gasteiger partial charge in [0, 0.05) is 12.1 Å². The summed E-state index contributed by atoms with van der Waals surface area (Å²) in [7, 11) is 0. The smallest absolute Gasteiger partial charge is 0.0614 e. The van der Waals surface area contributed by atoms with E-state index >= 15 is 0 Å². The number of aliphatic hydroxyl groups excluding tert-OH is 1. The maximum Gasteiger partial charge on any atom is 0.0614 e. The average molecular weight is 271 g/mol. The maximum atomic E-state index is 9.71. The zero-order valence-corrected chi connectivity index (χ0v) is 13.1. The van der Waals surface area contributed by atoms with Gasteiger partial charge in [0.2, 0.25) is 0 Å². The van der Waals surface area contributed by atoms with Gasteiger partial charge >= 0.3 is 0 Å². The molecule has 1 aliphatic carbocycles. The molecule has 19 heavy (non-hydrogen) atoms. The van der Waals surface area contributed by atoms with Crippen LogP contribution in [-0.4, -0.2) is 36.5 Å². The molecule has 114 valence electrons. The highest BCUT2D eigenvalue weighted by atomic mass is 16.5. The number of hydrogen-bond donors (Lipinski definition) is 2. The van der Waals surface area contributed by atoms with Gasteiger partial charge in [0.1, 0.15) is 0 Å². The Labute approximate surface area is 119 Å². The van der Waals surface area contributed by atoms with Crippen LogP contribution in [0.3, 0.4) is 0 Å². The predicted octanol–water partition coefficient (Wildman–Crippen LogP) is 3.11. The van der Waals surface area contributed by atoms with Crippen LogP contribution in [0.15, 0.2) is 0 Å². The lowest BCUT2D eigenvalue weighted by atomic mass is 9.80. The Hall–Kier alpha value is -0.120. The van der Waals surface area contributed by atoms with Crippen LogP contribution >= 0.6 is 0 Å². The number of aliphatic hydroxyl groups is 1. The molecule has 0 heterocycles. The molecule has 3 nitrogen and oxygen atoms in total. The fourth-order valence-electron chi connectivity index (χ4n) is 2.94. The van der Waals surface area contributed by atoms with Crippen LogP contribution in [0.4, 0.5) is 0 Å². The molecule has 0 spiro atoms. The van der Waals surface area contributed by atoms with Gasteiger partial charge in [0.15, 0.2) is 0 Å². The summed E-state index contributed by atoms with van der Waals surface area (Å²) in [4.78, 5) is 0.